The minimum Gasteiger partial charge on any atom is -0.464 e. The normalized spacial score (nSPS) is 11.4. The van der Waals surface area contributed by atoms with Crippen molar-refractivity contribution in [1.29, 1.82) is 0 Å². The van der Waals surface area contributed by atoms with E-state index in [1.54, 1.807) is 18.0 Å². The molecule has 172 valence electrons. The number of hydrogen-bond donors (Lipinski definition) is 2. The Morgan fingerprint density at radius 3 is 2.34 bits per heavy atom. The predicted molar refractivity (Wildman–Crippen MR) is 132 cm³/mol. The summed E-state index contributed by atoms with van der Waals surface area (Å²) in [6.07, 6.45) is 2.23. The van der Waals surface area contributed by atoms with Gasteiger partial charge in [0.05, 0.1) is 12.3 Å². The lowest BCUT2D eigenvalue weighted by molar-refractivity contribution is 0.344. The lowest BCUT2D eigenvalue weighted by Gasteiger charge is -2.10. The van der Waals surface area contributed by atoms with Crippen LogP contribution in [0.5, 0.6) is 0 Å². The summed E-state index contributed by atoms with van der Waals surface area (Å²) in [7, 11) is 8.15. The Morgan fingerprint density at radius 2 is 1.66 bits per heavy atom. The zero-order valence-electron chi connectivity index (χ0n) is 19.4. The van der Waals surface area contributed by atoms with Crippen molar-refractivity contribution in [2.75, 3.05) is 45.8 Å². The fourth-order valence-corrected chi connectivity index (χ4v) is 4.04. The average molecular weight is 456 g/mol. The Hall–Kier alpha value is -2.55. The van der Waals surface area contributed by atoms with Gasteiger partial charge in [-0.1, -0.05) is 24.3 Å². The highest BCUT2D eigenvalue weighted by Gasteiger charge is 2.06. The lowest BCUT2D eigenvalue weighted by Crippen LogP contribution is -2.18. The van der Waals surface area contributed by atoms with E-state index >= 15 is 0 Å². The van der Waals surface area contributed by atoms with Crippen LogP contribution in [0.3, 0.4) is 0 Å². The number of aromatic amines is 1. The average Bonchev–Trinajstić information content (AvgIpc) is 3.17. The van der Waals surface area contributed by atoms with E-state index in [1.165, 1.54) is 5.56 Å². The first-order chi connectivity index (χ1) is 15.4. The molecule has 0 aliphatic heterocycles. The lowest BCUT2D eigenvalue weighted by atomic mass is 10.1. The quantitative estimate of drug-likeness (QED) is 0.405. The summed E-state index contributed by atoms with van der Waals surface area (Å²) in [6, 6.07) is 12.4. The molecule has 2 heterocycles. The largest absolute Gasteiger partial charge is 0.464 e. The number of H-pyrrole nitrogens is 1. The number of thioether (sulfide) groups is 1. The minimum absolute atomic E-state index is 0.100. The molecular weight excluding hydrogens is 422 g/mol. The van der Waals surface area contributed by atoms with Gasteiger partial charge in [0.1, 0.15) is 11.5 Å². The molecule has 0 amide bonds. The number of nitrogens with zero attached hydrogens (tertiary/aromatic N) is 3. The zero-order chi connectivity index (χ0) is 22.9. The Morgan fingerprint density at radius 1 is 0.969 bits per heavy atom. The van der Waals surface area contributed by atoms with Crippen LogP contribution < -0.4 is 10.9 Å². The van der Waals surface area contributed by atoms with Gasteiger partial charge in [0.2, 0.25) is 5.95 Å². The predicted octanol–water partition coefficient (Wildman–Crippen LogP) is 3.42. The maximum Gasteiger partial charge on any atom is 0.255 e. The van der Waals surface area contributed by atoms with Crippen LogP contribution in [0.2, 0.25) is 0 Å². The van der Waals surface area contributed by atoms with Crippen LogP contribution >= 0.6 is 11.8 Å². The first-order valence-corrected chi connectivity index (χ1v) is 11.9. The molecule has 3 aromatic rings. The molecule has 0 fully saturated rings. The van der Waals surface area contributed by atoms with Crippen LogP contribution in [0.4, 0.5) is 5.95 Å². The number of furan rings is 1. The summed E-state index contributed by atoms with van der Waals surface area (Å²) < 4.78 is 5.82. The molecule has 3 rings (SSSR count). The summed E-state index contributed by atoms with van der Waals surface area (Å²) in [6.45, 7) is 2.43. The molecule has 7 nitrogen and oxygen atoms in total. The van der Waals surface area contributed by atoms with Crippen LogP contribution in [0.25, 0.3) is 0 Å². The van der Waals surface area contributed by atoms with Crippen molar-refractivity contribution in [3.8, 4) is 0 Å². The van der Waals surface area contributed by atoms with Gasteiger partial charge in [-0.3, -0.25) is 9.78 Å². The van der Waals surface area contributed by atoms with Gasteiger partial charge in [-0.15, -0.1) is 0 Å². The van der Waals surface area contributed by atoms with E-state index in [4.69, 9.17) is 4.42 Å². The van der Waals surface area contributed by atoms with E-state index < -0.39 is 0 Å². The number of benzene rings is 1. The summed E-state index contributed by atoms with van der Waals surface area (Å²) in [5, 5.41) is 3.19. The Labute approximate surface area is 194 Å². The molecule has 32 heavy (non-hydrogen) atoms. The SMILES string of the molecule is CN(C)Cc1ccc(Cc2cnc(NCCSCc3ccc(CN(C)C)o3)[nH]c2=O)cc1. The van der Waals surface area contributed by atoms with Crippen molar-refractivity contribution in [3.05, 3.63) is 81.2 Å². The van der Waals surface area contributed by atoms with Crippen LogP contribution in [0.15, 0.2) is 51.8 Å². The minimum atomic E-state index is -0.100. The number of rotatable bonds is 12. The number of aromatic nitrogens is 2. The first kappa shape index (κ1) is 24.1. The van der Waals surface area contributed by atoms with Crippen LogP contribution in [-0.4, -0.2) is 60.3 Å². The van der Waals surface area contributed by atoms with Crippen molar-refractivity contribution >= 4 is 17.7 Å². The van der Waals surface area contributed by atoms with Gasteiger partial charge in [0, 0.05) is 37.0 Å². The second kappa shape index (κ2) is 11.9. The first-order valence-electron chi connectivity index (χ1n) is 10.7. The molecule has 0 aliphatic rings. The molecule has 2 N–H and O–H groups in total. The molecule has 0 atom stereocenters. The van der Waals surface area contributed by atoms with Gasteiger partial charge in [0.15, 0.2) is 0 Å². The van der Waals surface area contributed by atoms with Gasteiger partial charge in [-0.25, -0.2) is 4.98 Å². The van der Waals surface area contributed by atoms with Crippen LogP contribution in [-0.2, 0) is 25.3 Å². The molecule has 0 unspecified atom stereocenters. The summed E-state index contributed by atoms with van der Waals surface area (Å²) >= 11 is 1.78. The fourth-order valence-electron chi connectivity index (χ4n) is 3.30. The van der Waals surface area contributed by atoms with E-state index in [2.05, 4.69) is 63.4 Å². The van der Waals surface area contributed by atoms with Crippen LogP contribution in [0.1, 0.15) is 28.2 Å². The van der Waals surface area contributed by atoms with E-state index in [1.807, 2.05) is 26.2 Å². The maximum absolute atomic E-state index is 12.4. The third-order valence-electron chi connectivity index (χ3n) is 4.76. The molecule has 1 aromatic carbocycles. The number of anilines is 1. The summed E-state index contributed by atoms with van der Waals surface area (Å²) in [4.78, 5) is 23.9. The molecule has 0 saturated carbocycles. The van der Waals surface area contributed by atoms with E-state index in [0.29, 0.717) is 24.5 Å². The second-order valence-electron chi connectivity index (χ2n) is 8.40. The monoisotopic (exact) mass is 455 g/mol. The van der Waals surface area contributed by atoms with Crippen molar-refractivity contribution in [3.63, 3.8) is 0 Å². The van der Waals surface area contributed by atoms with E-state index in [0.717, 1.165) is 41.7 Å². The van der Waals surface area contributed by atoms with Crippen molar-refractivity contribution in [1.82, 2.24) is 19.8 Å². The van der Waals surface area contributed by atoms with Gasteiger partial charge in [-0.2, -0.15) is 11.8 Å². The van der Waals surface area contributed by atoms with Crippen molar-refractivity contribution < 1.29 is 4.42 Å². The highest BCUT2D eigenvalue weighted by molar-refractivity contribution is 7.98. The summed E-state index contributed by atoms with van der Waals surface area (Å²) in [5.41, 5.74) is 2.92. The van der Waals surface area contributed by atoms with Gasteiger partial charge < -0.3 is 19.5 Å². The Bertz CT molecular complexity index is 1030. The Kier molecular flexibility index (Phi) is 8.96. The standard InChI is InChI=1S/C24H33N5O2S/c1-28(2)15-19-7-5-18(6-8-19)13-20-14-26-24(27-23(20)30)25-11-12-32-17-22-10-9-21(31-22)16-29(3)4/h5-10,14H,11-13,15-17H2,1-4H3,(H2,25,26,27,30). The van der Waals surface area contributed by atoms with Crippen LogP contribution in [0, 0.1) is 0 Å². The number of nitrogens with one attached hydrogen (secondary N) is 2. The van der Waals surface area contributed by atoms with E-state index in [9.17, 15) is 4.79 Å². The molecular formula is C24H33N5O2S. The number of hydrogen-bond acceptors (Lipinski definition) is 7. The third kappa shape index (κ3) is 7.85. The van der Waals surface area contributed by atoms with Gasteiger partial charge in [0.25, 0.3) is 5.56 Å². The van der Waals surface area contributed by atoms with Crippen molar-refractivity contribution in [2.24, 2.45) is 0 Å². The molecule has 8 heteroatoms. The summed E-state index contributed by atoms with van der Waals surface area (Å²) in [5.74, 6) is 4.18. The fraction of sp³-hybridized carbons (Fsp3) is 0.417. The highest BCUT2D eigenvalue weighted by Crippen LogP contribution is 2.16. The van der Waals surface area contributed by atoms with Gasteiger partial charge in [-0.05, 0) is 51.5 Å². The maximum atomic E-state index is 12.4. The molecule has 0 saturated heterocycles. The molecule has 0 spiro atoms. The molecule has 2 aromatic heterocycles. The van der Waals surface area contributed by atoms with Gasteiger partial charge >= 0.3 is 0 Å². The van der Waals surface area contributed by atoms with E-state index in [-0.39, 0.29) is 5.56 Å². The molecule has 0 radical (unpaired) electrons. The zero-order valence-corrected chi connectivity index (χ0v) is 20.2. The van der Waals surface area contributed by atoms with Crippen molar-refractivity contribution in [2.45, 2.75) is 25.3 Å². The molecule has 0 bridgehead atoms. The molecule has 0 aliphatic carbocycles. The Balaban J connectivity index is 1.42. The smallest absolute Gasteiger partial charge is 0.255 e. The highest BCUT2D eigenvalue weighted by atomic mass is 32.2. The second-order valence-corrected chi connectivity index (χ2v) is 9.51. The third-order valence-corrected chi connectivity index (χ3v) is 5.74. The topological polar surface area (TPSA) is 77.4 Å².